The quantitative estimate of drug-likeness (QED) is 0.524. The summed E-state index contributed by atoms with van der Waals surface area (Å²) in [4.78, 5) is 14.0. The minimum absolute atomic E-state index is 0.0970. The predicted octanol–water partition coefficient (Wildman–Crippen LogP) is 2.82. The van der Waals surface area contributed by atoms with E-state index in [9.17, 15) is 10.1 Å². The number of nitrogens with zero attached hydrogens (tertiary/aromatic N) is 3. The lowest BCUT2D eigenvalue weighted by atomic mass is 10.3. The summed E-state index contributed by atoms with van der Waals surface area (Å²) in [7, 11) is 0. The summed E-state index contributed by atoms with van der Waals surface area (Å²) in [6, 6.07) is 11.8. The Hall–Kier alpha value is -3.16. The fraction of sp³-hybridized carbons (Fsp3) is 0.0769. The molecule has 0 aliphatic carbocycles. The summed E-state index contributed by atoms with van der Waals surface area (Å²) in [6.45, 7) is 0.0970. The lowest BCUT2D eigenvalue weighted by Crippen LogP contribution is -1.95. The fourth-order valence-electron chi connectivity index (χ4n) is 1.62. The van der Waals surface area contributed by atoms with Crippen LogP contribution in [0.5, 0.6) is 5.75 Å². The second-order valence-electron chi connectivity index (χ2n) is 4.01. The highest BCUT2D eigenvalue weighted by molar-refractivity contribution is 5.47. The molecule has 2 aromatic heterocycles. The average Bonchev–Trinajstić information content (AvgIpc) is 3.15. The first-order chi connectivity index (χ1) is 10.2. The number of rotatable bonds is 5. The zero-order valence-corrected chi connectivity index (χ0v) is 10.6. The Kier molecular flexibility index (Phi) is 3.34. The molecule has 0 saturated heterocycles. The number of furan rings is 1. The Morgan fingerprint density at radius 2 is 2.00 bits per heavy atom. The van der Waals surface area contributed by atoms with Crippen molar-refractivity contribution >= 4 is 5.88 Å². The monoisotopic (exact) mass is 287 g/mol. The number of ether oxygens (including phenoxy) is 1. The summed E-state index contributed by atoms with van der Waals surface area (Å²) in [5, 5.41) is 14.2. The topological polar surface area (TPSA) is 104 Å². The summed E-state index contributed by atoms with van der Waals surface area (Å²) in [5.41, 5.74) is 0. The van der Waals surface area contributed by atoms with Crippen LogP contribution in [-0.4, -0.2) is 15.1 Å². The van der Waals surface area contributed by atoms with E-state index in [0.717, 1.165) is 0 Å². The second-order valence-corrected chi connectivity index (χ2v) is 4.01. The maximum Gasteiger partial charge on any atom is 0.433 e. The van der Waals surface area contributed by atoms with Gasteiger partial charge in [0.15, 0.2) is 12.4 Å². The van der Waals surface area contributed by atoms with Gasteiger partial charge in [0.1, 0.15) is 10.7 Å². The van der Waals surface area contributed by atoms with E-state index < -0.39 is 4.92 Å². The Morgan fingerprint density at radius 3 is 2.71 bits per heavy atom. The molecular formula is C13H9N3O5. The van der Waals surface area contributed by atoms with Gasteiger partial charge in [-0.15, -0.1) is 0 Å². The predicted molar refractivity (Wildman–Crippen MR) is 69.4 cm³/mol. The molecule has 21 heavy (non-hydrogen) atoms. The van der Waals surface area contributed by atoms with E-state index in [0.29, 0.717) is 5.75 Å². The van der Waals surface area contributed by atoms with Crippen molar-refractivity contribution in [2.24, 2.45) is 0 Å². The Labute approximate surface area is 118 Å². The minimum Gasteiger partial charge on any atom is -0.484 e. The van der Waals surface area contributed by atoms with E-state index in [-0.39, 0.29) is 30.0 Å². The van der Waals surface area contributed by atoms with Crippen molar-refractivity contribution in [2.45, 2.75) is 6.61 Å². The van der Waals surface area contributed by atoms with Crippen LogP contribution in [0.1, 0.15) is 5.89 Å². The normalized spacial score (nSPS) is 10.5. The maximum absolute atomic E-state index is 10.5. The molecule has 0 saturated carbocycles. The summed E-state index contributed by atoms with van der Waals surface area (Å²) in [5.74, 6) is 0.835. The van der Waals surface area contributed by atoms with E-state index in [1.165, 1.54) is 12.1 Å². The van der Waals surface area contributed by atoms with Crippen LogP contribution >= 0.6 is 0 Å². The van der Waals surface area contributed by atoms with Crippen molar-refractivity contribution in [1.82, 2.24) is 10.1 Å². The van der Waals surface area contributed by atoms with Crippen LogP contribution in [0.25, 0.3) is 11.6 Å². The van der Waals surface area contributed by atoms with Gasteiger partial charge < -0.3 is 13.7 Å². The third kappa shape index (κ3) is 2.89. The molecule has 8 nitrogen and oxygen atoms in total. The van der Waals surface area contributed by atoms with Crippen molar-refractivity contribution in [1.29, 1.82) is 0 Å². The van der Waals surface area contributed by atoms with Crippen LogP contribution in [0, 0.1) is 10.1 Å². The van der Waals surface area contributed by atoms with E-state index >= 15 is 0 Å². The van der Waals surface area contributed by atoms with Crippen LogP contribution in [0.4, 0.5) is 5.88 Å². The highest BCUT2D eigenvalue weighted by Crippen LogP contribution is 2.23. The number of benzene rings is 1. The number of hydrogen-bond donors (Lipinski definition) is 0. The molecule has 0 aliphatic heterocycles. The van der Waals surface area contributed by atoms with Crippen LogP contribution in [0.3, 0.4) is 0 Å². The van der Waals surface area contributed by atoms with Crippen molar-refractivity contribution in [3.8, 4) is 17.3 Å². The minimum atomic E-state index is -0.636. The zero-order chi connectivity index (χ0) is 14.7. The fourth-order valence-corrected chi connectivity index (χ4v) is 1.62. The summed E-state index contributed by atoms with van der Waals surface area (Å²) >= 11 is 0. The average molecular weight is 287 g/mol. The maximum atomic E-state index is 10.5. The van der Waals surface area contributed by atoms with Crippen molar-refractivity contribution in [3.63, 3.8) is 0 Å². The molecule has 3 rings (SSSR count). The van der Waals surface area contributed by atoms with Crippen LogP contribution in [0.2, 0.25) is 0 Å². The largest absolute Gasteiger partial charge is 0.484 e. The van der Waals surface area contributed by atoms with E-state index in [2.05, 4.69) is 10.1 Å². The Balaban J connectivity index is 1.69. The molecular weight excluding hydrogens is 278 g/mol. The van der Waals surface area contributed by atoms with Gasteiger partial charge in [0.25, 0.3) is 5.89 Å². The van der Waals surface area contributed by atoms with Gasteiger partial charge in [-0.05, 0) is 18.2 Å². The van der Waals surface area contributed by atoms with Gasteiger partial charge in [0.2, 0.25) is 5.82 Å². The zero-order valence-electron chi connectivity index (χ0n) is 10.6. The van der Waals surface area contributed by atoms with E-state index in [4.69, 9.17) is 13.7 Å². The van der Waals surface area contributed by atoms with Crippen LogP contribution in [-0.2, 0) is 6.61 Å². The van der Waals surface area contributed by atoms with Crippen LogP contribution in [0.15, 0.2) is 51.4 Å². The highest BCUT2D eigenvalue weighted by Gasteiger charge is 2.17. The first kappa shape index (κ1) is 12.9. The number of nitro groups is 1. The molecule has 0 bridgehead atoms. The Bertz CT molecular complexity index is 750. The van der Waals surface area contributed by atoms with Gasteiger partial charge in [-0.2, -0.15) is 4.98 Å². The van der Waals surface area contributed by atoms with Crippen LogP contribution < -0.4 is 4.74 Å². The number of para-hydroxylation sites is 1. The molecule has 106 valence electrons. The van der Waals surface area contributed by atoms with Crippen molar-refractivity contribution in [2.75, 3.05) is 0 Å². The van der Waals surface area contributed by atoms with Gasteiger partial charge in [-0.25, -0.2) is 0 Å². The number of hydrogen-bond acceptors (Lipinski definition) is 7. The third-order valence-corrected chi connectivity index (χ3v) is 2.57. The molecule has 0 fully saturated rings. The third-order valence-electron chi connectivity index (χ3n) is 2.57. The van der Waals surface area contributed by atoms with Gasteiger partial charge in [-0.3, -0.25) is 10.1 Å². The van der Waals surface area contributed by atoms with Gasteiger partial charge in [-0.1, -0.05) is 23.4 Å². The van der Waals surface area contributed by atoms with E-state index in [1.807, 2.05) is 18.2 Å². The molecule has 0 spiro atoms. The lowest BCUT2D eigenvalue weighted by Gasteiger charge is -2.00. The van der Waals surface area contributed by atoms with Crippen molar-refractivity contribution < 1.29 is 18.6 Å². The molecule has 0 amide bonds. The van der Waals surface area contributed by atoms with E-state index in [1.54, 1.807) is 12.1 Å². The molecule has 8 heteroatoms. The molecule has 0 radical (unpaired) electrons. The standard InChI is InChI=1S/C13H9N3O5/c17-16(18)12-7-6-10(20-12)13-14-11(21-15-13)8-19-9-4-2-1-3-5-9/h1-7H,8H2. The first-order valence-corrected chi connectivity index (χ1v) is 5.97. The lowest BCUT2D eigenvalue weighted by molar-refractivity contribution is -0.401. The smallest absolute Gasteiger partial charge is 0.433 e. The molecule has 3 aromatic rings. The molecule has 0 unspecified atom stereocenters. The highest BCUT2D eigenvalue weighted by atomic mass is 16.6. The summed E-state index contributed by atoms with van der Waals surface area (Å²) < 4.78 is 15.4. The van der Waals surface area contributed by atoms with Gasteiger partial charge in [0.05, 0.1) is 6.07 Å². The second kappa shape index (κ2) is 5.45. The number of aromatic nitrogens is 2. The molecule has 0 atom stereocenters. The Morgan fingerprint density at radius 1 is 1.19 bits per heavy atom. The molecule has 2 heterocycles. The molecule has 1 aromatic carbocycles. The summed E-state index contributed by atoms with van der Waals surface area (Å²) in [6.07, 6.45) is 0. The molecule has 0 aliphatic rings. The van der Waals surface area contributed by atoms with Crippen molar-refractivity contribution in [3.05, 3.63) is 58.5 Å². The first-order valence-electron chi connectivity index (χ1n) is 5.97. The molecule has 0 N–H and O–H groups in total. The van der Waals surface area contributed by atoms with Gasteiger partial charge >= 0.3 is 5.88 Å². The van der Waals surface area contributed by atoms with Gasteiger partial charge in [0, 0.05) is 0 Å². The SMILES string of the molecule is O=[N+]([O-])c1ccc(-c2noc(COc3ccccc3)n2)o1.